The van der Waals surface area contributed by atoms with Crippen LogP contribution >= 0.6 is 27.7 Å². The Bertz CT molecular complexity index is 1310. The molecule has 9 nitrogen and oxygen atoms in total. The number of benzene rings is 2. The maximum Gasteiger partial charge on any atom is 0.244 e. The molecule has 0 radical (unpaired) electrons. The zero-order valence-electron chi connectivity index (χ0n) is 22.1. The number of carbonyl (C=O) groups is 2. The molecule has 3 rings (SSSR count). The van der Waals surface area contributed by atoms with Gasteiger partial charge < -0.3 is 24.7 Å². The average molecular weight is 603 g/mol. The lowest BCUT2D eigenvalue weighted by molar-refractivity contribution is -0.116. The predicted octanol–water partition coefficient (Wildman–Crippen LogP) is 5.26. The van der Waals surface area contributed by atoms with E-state index in [-0.39, 0.29) is 30.0 Å². The normalized spacial score (nSPS) is 11.1. The third-order valence-electron chi connectivity index (χ3n) is 5.61. The van der Waals surface area contributed by atoms with Crippen molar-refractivity contribution in [2.75, 3.05) is 25.3 Å². The molecule has 0 saturated carbocycles. The van der Waals surface area contributed by atoms with Gasteiger partial charge in [0.2, 0.25) is 11.8 Å². The number of thioether (sulfide) groups is 1. The Morgan fingerprint density at radius 2 is 1.87 bits per heavy atom. The van der Waals surface area contributed by atoms with Crippen molar-refractivity contribution in [1.82, 2.24) is 20.1 Å². The summed E-state index contributed by atoms with van der Waals surface area (Å²) in [5.41, 5.74) is 2.66. The summed E-state index contributed by atoms with van der Waals surface area (Å²) in [5.74, 6) is 1.87. The fourth-order valence-electron chi connectivity index (χ4n) is 3.67. The third-order valence-corrected chi connectivity index (χ3v) is 7.07. The molecule has 2 amide bonds. The number of amides is 2. The fraction of sp³-hybridized carbons (Fsp3) is 0.333. The van der Waals surface area contributed by atoms with Gasteiger partial charge in [-0.25, -0.2) is 0 Å². The zero-order chi connectivity index (χ0) is 27.7. The van der Waals surface area contributed by atoms with Gasteiger partial charge in [-0.3, -0.25) is 9.59 Å². The number of anilines is 1. The highest BCUT2D eigenvalue weighted by Gasteiger charge is 2.15. The van der Waals surface area contributed by atoms with Gasteiger partial charge in [0, 0.05) is 22.8 Å². The number of hydrogen-bond acceptors (Lipinski definition) is 7. The molecule has 0 unspecified atom stereocenters. The van der Waals surface area contributed by atoms with Crippen molar-refractivity contribution in [1.29, 1.82) is 0 Å². The van der Waals surface area contributed by atoms with Crippen LogP contribution in [0.2, 0.25) is 0 Å². The number of nitrogens with one attached hydrogen (secondary N) is 2. The highest BCUT2D eigenvalue weighted by molar-refractivity contribution is 9.10. The van der Waals surface area contributed by atoms with E-state index in [1.54, 1.807) is 32.4 Å². The molecule has 0 bridgehead atoms. The Morgan fingerprint density at radius 1 is 1.11 bits per heavy atom. The van der Waals surface area contributed by atoms with E-state index in [2.05, 4.69) is 50.6 Å². The summed E-state index contributed by atoms with van der Waals surface area (Å²) in [4.78, 5) is 25.0. The first-order chi connectivity index (χ1) is 18.2. The van der Waals surface area contributed by atoms with E-state index in [9.17, 15) is 9.59 Å². The number of ether oxygens (including phenoxy) is 2. The van der Waals surface area contributed by atoms with Crippen LogP contribution in [0, 0.1) is 0 Å². The molecule has 1 heterocycles. The van der Waals surface area contributed by atoms with E-state index in [0.29, 0.717) is 29.0 Å². The summed E-state index contributed by atoms with van der Waals surface area (Å²) in [6.07, 6.45) is 3.14. The van der Waals surface area contributed by atoms with Gasteiger partial charge in [-0.15, -0.1) is 10.2 Å². The summed E-state index contributed by atoms with van der Waals surface area (Å²) in [5, 5.41) is 14.9. The first-order valence-electron chi connectivity index (χ1n) is 12.1. The Balaban J connectivity index is 1.56. The Labute approximate surface area is 235 Å². The standard InChI is InChI=1S/C27H32BrN5O4S/c1-6-33-24(15-29-25(34)12-8-18-7-11-22(36-4)23(13-18)37-5)31-32-27(33)38-16-26(35)30-21-10-9-19(28)14-20(21)17(2)3/h7-14,17H,6,15-16H2,1-5H3,(H,29,34)(H,30,35). The largest absolute Gasteiger partial charge is 0.493 e. The van der Waals surface area contributed by atoms with Crippen molar-refractivity contribution >= 4 is 51.3 Å². The van der Waals surface area contributed by atoms with E-state index < -0.39 is 0 Å². The molecule has 0 atom stereocenters. The lowest BCUT2D eigenvalue weighted by atomic mass is 10.0. The minimum absolute atomic E-state index is 0.125. The molecule has 11 heteroatoms. The summed E-state index contributed by atoms with van der Waals surface area (Å²) in [6.45, 7) is 6.95. The first kappa shape index (κ1) is 29.2. The summed E-state index contributed by atoms with van der Waals surface area (Å²) < 4.78 is 13.4. The van der Waals surface area contributed by atoms with Crippen LogP contribution in [0.25, 0.3) is 6.08 Å². The maximum absolute atomic E-state index is 12.7. The van der Waals surface area contributed by atoms with Crippen molar-refractivity contribution < 1.29 is 19.1 Å². The predicted molar refractivity (Wildman–Crippen MR) is 154 cm³/mol. The molecule has 1 aromatic heterocycles. The van der Waals surface area contributed by atoms with Crippen LogP contribution in [0.3, 0.4) is 0 Å². The van der Waals surface area contributed by atoms with Crippen molar-refractivity contribution in [3.63, 3.8) is 0 Å². The van der Waals surface area contributed by atoms with Crippen molar-refractivity contribution in [3.05, 3.63) is 63.9 Å². The van der Waals surface area contributed by atoms with Gasteiger partial charge in [0.1, 0.15) is 0 Å². The molecule has 0 saturated heterocycles. The molecule has 2 N–H and O–H groups in total. The van der Waals surface area contributed by atoms with E-state index in [0.717, 1.165) is 21.3 Å². The molecule has 0 aliphatic carbocycles. The van der Waals surface area contributed by atoms with Crippen LogP contribution < -0.4 is 20.1 Å². The zero-order valence-corrected chi connectivity index (χ0v) is 24.5. The van der Waals surface area contributed by atoms with Gasteiger partial charge >= 0.3 is 0 Å². The Kier molecular flexibility index (Phi) is 10.8. The number of halogens is 1. The molecule has 0 spiro atoms. The second-order valence-electron chi connectivity index (χ2n) is 8.53. The van der Waals surface area contributed by atoms with Gasteiger partial charge in [0.05, 0.1) is 26.5 Å². The number of hydrogen-bond donors (Lipinski definition) is 2. The van der Waals surface area contributed by atoms with Crippen LogP contribution in [0.1, 0.15) is 43.6 Å². The molecule has 0 fully saturated rings. The Hall–Kier alpha value is -3.31. The number of aromatic nitrogens is 3. The molecule has 202 valence electrons. The van der Waals surface area contributed by atoms with E-state index in [1.165, 1.54) is 17.8 Å². The van der Waals surface area contributed by atoms with Crippen LogP contribution in [0.5, 0.6) is 11.5 Å². The van der Waals surface area contributed by atoms with Gasteiger partial charge in [-0.05, 0) is 60.4 Å². The molecule has 2 aromatic carbocycles. The highest BCUT2D eigenvalue weighted by atomic mass is 79.9. The lowest BCUT2D eigenvalue weighted by Gasteiger charge is -2.14. The first-order valence-corrected chi connectivity index (χ1v) is 13.9. The summed E-state index contributed by atoms with van der Waals surface area (Å²) in [6, 6.07) is 11.2. The molecule has 0 aliphatic rings. The molecule has 3 aromatic rings. The maximum atomic E-state index is 12.7. The number of carbonyl (C=O) groups excluding carboxylic acids is 2. The topological polar surface area (TPSA) is 107 Å². The lowest BCUT2D eigenvalue weighted by Crippen LogP contribution is -2.22. The van der Waals surface area contributed by atoms with Gasteiger partial charge in [-0.1, -0.05) is 47.6 Å². The SMILES string of the molecule is CCn1c(CNC(=O)C=Cc2ccc(OC)c(OC)c2)nnc1SCC(=O)Nc1ccc(Br)cc1C(C)C. The summed E-state index contributed by atoms with van der Waals surface area (Å²) in [7, 11) is 3.13. The van der Waals surface area contributed by atoms with Crippen molar-refractivity contribution in [3.8, 4) is 11.5 Å². The molecular formula is C27H32BrN5O4S. The van der Waals surface area contributed by atoms with Gasteiger partial charge in [0.25, 0.3) is 0 Å². The molecular weight excluding hydrogens is 570 g/mol. The highest BCUT2D eigenvalue weighted by Crippen LogP contribution is 2.29. The van der Waals surface area contributed by atoms with Crippen molar-refractivity contribution in [2.45, 2.75) is 44.9 Å². The Morgan fingerprint density at radius 3 is 2.55 bits per heavy atom. The van der Waals surface area contributed by atoms with E-state index in [1.807, 2.05) is 35.8 Å². The number of nitrogens with zero attached hydrogens (tertiary/aromatic N) is 3. The average Bonchev–Trinajstić information content (AvgIpc) is 3.31. The fourth-order valence-corrected chi connectivity index (χ4v) is 4.87. The minimum atomic E-state index is -0.269. The molecule has 38 heavy (non-hydrogen) atoms. The second-order valence-corrected chi connectivity index (χ2v) is 10.4. The third kappa shape index (κ3) is 7.84. The van der Waals surface area contributed by atoms with Gasteiger partial charge in [-0.2, -0.15) is 0 Å². The quantitative estimate of drug-likeness (QED) is 0.215. The smallest absolute Gasteiger partial charge is 0.244 e. The molecule has 0 aliphatic heterocycles. The van der Waals surface area contributed by atoms with Crippen LogP contribution in [-0.4, -0.2) is 46.6 Å². The number of rotatable bonds is 12. The van der Waals surface area contributed by atoms with Crippen LogP contribution in [0.15, 0.2) is 52.1 Å². The van der Waals surface area contributed by atoms with Crippen LogP contribution in [0.4, 0.5) is 5.69 Å². The monoisotopic (exact) mass is 601 g/mol. The van der Waals surface area contributed by atoms with E-state index in [4.69, 9.17) is 9.47 Å². The van der Waals surface area contributed by atoms with Crippen molar-refractivity contribution in [2.24, 2.45) is 0 Å². The minimum Gasteiger partial charge on any atom is -0.493 e. The second kappa shape index (κ2) is 14.0. The van der Waals surface area contributed by atoms with E-state index >= 15 is 0 Å². The number of methoxy groups -OCH3 is 2. The van der Waals surface area contributed by atoms with Gasteiger partial charge in [0.15, 0.2) is 22.5 Å². The van der Waals surface area contributed by atoms with Crippen LogP contribution in [-0.2, 0) is 22.7 Å². The summed E-state index contributed by atoms with van der Waals surface area (Å²) >= 11 is 4.79.